The third kappa shape index (κ3) is 3.08. The molecule has 0 atom stereocenters. The summed E-state index contributed by atoms with van der Waals surface area (Å²) in [5.41, 5.74) is 0. The monoisotopic (exact) mass is 226 g/mol. The highest BCUT2D eigenvalue weighted by Crippen LogP contribution is 2.04. The molecule has 0 bridgehead atoms. The van der Waals surface area contributed by atoms with E-state index >= 15 is 0 Å². The van der Waals surface area contributed by atoms with Crippen LogP contribution in [-0.2, 0) is 9.53 Å². The van der Waals surface area contributed by atoms with Gasteiger partial charge < -0.3 is 14.1 Å². The Morgan fingerprint density at radius 2 is 2.31 bits per heavy atom. The Bertz CT molecular complexity index is 348. The average Bonchev–Trinajstić information content (AvgIpc) is 2.82. The van der Waals surface area contributed by atoms with E-state index in [-0.39, 0.29) is 24.1 Å². The number of oxazole rings is 1. The number of esters is 1. The summed E-state index contributed by atoms with van der Waals surface area (Å²) in [7, 11) is 1.32. The summed E-state index contributed by atoms with van der Waals surface area (Å²) in [6.45, 7) is 2.63. The van der Waals surface area contributed by atoms with Crippen LogP contribution in [0, 0.1) is 0 Å². The maximum atomic E-state index is 11.8. The Balaban J connectivity index is 2.54. The van der Waals surface area contributed by atoms with Crippen molar-refractivity contribution >= 4 is 11.9 Å². The Morgan fingerprint density at radius 3 is 2.81 bits per heavy atom. The minimum Gasteiger partial charge on any atom is -0.469 e. The third-order valence-electron chi connectivity index (χ3n) is 2.13. The molecular weight excluding hydrogens is 212 g/mol. The average molecular weight is 226 g/mol. The van der Waals surface area contributed by atoms with Gasteiger partial charge in [0.2, 0.25) is 5.76 Å². The third-order valence-corrected chi connectivity index (χ3v) is 2.13. The summed E-state index contributed by atoms with van der Waals surface area (Å²) >= 11 is 0. The number of amides is 1. The molecule has 0 spiro atoms. The lowest BCUT2D eigenvalue weighted by Crippen LogP contribution is -2.32. The van der Waals surface area contributed by atoms with Crippen LogP contribution in [0.2, 0.25) is 0 Å². The first-order chi connectivity index (χ1) is 7.69. The van der Waals surface area contributed by atoms with Crippen molar-refractivity contribution in [3.05, 3.63) is 18.4 Å². The molecule has 16 heavy (non-hydrogen) atoms. The Morgan fingerprint density at radius 1 is 1.56 bits per heavy atom. The van der Waals surface area contributed by atoms with E-state index < -0.39 is 0 Å². The molecule has 1 aromatic heterocycles. The van der Waals surface area contributed by atoms with Gasteiger partial charge in [-0.1, -0.05) is 0 Å². The maximum absolute atomic E-state index is 11.8. The lowest BCUT2D eigenvalue weighted by Gasteiger charge is -2.18. The maximum Gasteiger partial charge on any atom is 0.307 e. The van der Waals surface area contributed by atoms with Crippen LogP contribution in [0.5, 0.6) is 0 Å². The molecule has 6 nitrogen and oxygen atoms in total. The van der Waals surface area contributed by atoms with Gasteiger partial charge in [-0.3, -0.25) is 9.59 Å². The predicted molar refractivity (Wildman–Crippen MR) is 54.7 cm³/mol. The van der Waals surface area contributed by atoms with Gasteiger partial charge in [0.25, 0.3) is 5.91 Å². The summed E-state index contributed by atoms with van der Waals surface area (Å²) < 4.78 is 9.40. The number of carbonyl (C=O) groups excluding carboxylic acids is 2. The van der Waals surface area contributed by atoms with Crippen molar-refractivity contribution in [3.8, 4) is 0 Å². The molecular formula is C10H14N2O4. The van der Waals surface area contributed by atoms with Gasteiger partial charge in [0.15, 0.2) is 6.39 Å². The smallest absolute Gasteiger partial charge is 0.307 e. The van der Waals surface area contributed by atoms with Gasteiger partial charge in [-0.15, -0.1) is 0 Å². The normalized spacial score (nSPS) is 9.88. The molecule has 0 aliphatic rings. The van der Waals surface area contributed by atoms with Crippen LogP contribution in [0.1, 0.15) is 23.9 Å². The van der Waals surface area contributed by atoms with E-state index in [1.54, 1.807) is 0 Å². The number of methoxy groups -OCH3 is 1. The highest BCUT2D eigenvalue weighted by molar-refractivity contribution is 5.91. The predicted octanol–water partition coefficient (Wildman–Crippen LogP) is 0.700. The number of carbonyl (C=O) groups is 2. The summed E-state index contributed by atoms with van der Waals surface area (Å²) in [6.07, 6.45) is 2.72. The summed E-state index contributed by atoms with van der Waals surface area (Å²) in [5.74, 6) is -0.445. The standard InChI is InChI=1S/C10H14N2O4/c1-3-12(5-4-9(13)15-2)10(14)8-6-11-7-16-8/h6-7H,3-5H2,1-2H3. The SMILES string of the molecule is CCN(CCC(=O)OC)C(=O)c1cnco1. The molecule has 1 heterocycles. The molecule has 1 amide bonds. The molecule has 0 saturated carbocycles. The van der Waals surface area contributed by atoms with Crippen molar-refractivity contribution < 1.29 is 18.7 Å². The quantitative estimate of drug-likeness (QED) is 0.691. The van der Waals surface area contributed by atoms with Crippen LogP contribution >= 0.6 is 0 Å². The van der Waals surface area contributed by atoms with Crippen LogP contribution in [0.4, 0.5) is 0 Å². The molecule has 1 aromatic rings. The first-order valence-electron chi connectivity index (χ1n) is 4.93. The number of nitrogens with zero attached hydrogens (tertiary/aromatic N) is 2. The van der Waals surface area contributed by atoms with Crippen molar-refractivity contribution in [1.82, 2.24) is 9.88 Å². The molecule has 0 unspecified atom stereocenters. The molecule has 0 saturated heterocycles. The van der Waals surface area contributed by atoms with Gasteiger partial charge in [0.1, 0.15) is 0 Å². The minimum atomic E-state index is -0.344. The molecule has 0 aliphatic carbocycles. The van der Waals surface area contributed by atoms with E-state index in [2.05, 4.69) is 9.72 Å². The zero-order valence-corrected chi connectivity index (χ0v) is 9.30. The van der Waals surface area contributed by atoms with Gasteiger partial charge in [0.05, 0.1) is 19.7 Å². The fourth-order valence-electron chi connectivity index (χ4n) is 1.21. The van der Waals surface area contributed by atoms with Crippen LogP contribution in [-0.4, -0.2) is 42.0 Å². The Hall–Kier alpha value is -1.85. The number of rotatable bonds is 5. The number of hydrogen-bond donors (Lipinski definition) is 0. The molecule has 0 N–H and O–H groups in total. The number of ether oxygens (including phenoxy) is 1. The molecule has 0 aliphatic heterocycles. The molecule has 6 heteroatoms. The van der Waals surface area contributed by atoms with Gasteiger partial charge in [0, 0.05) is 13.1 Å². The van der Waals surface area contributed by atoms with E-state index in [4.69, 9.17) is 4.42 Å². The first-order valence-corrected chi connectivity index (χ1v) is 4.93. The number of aromatic nitrogens is 1. The second-order valence-corrected chi connectivity index (χ2v) is 3.08. The largest absolute Gasteiger partial charge is 0.469 e. The summed E-state index contributed by atoms with van der Waals surface area (Å²) in [6, 6.07) is 0. The van der Waals surface area contributed by atoms with E-state index in [1.165, 1.54) is 24.6 Å². The molecule has 1 rings (SSSR count). The second-order valence-electron chi connectivity index (χ2n) is 3.08. The van der Waals surface area contributed by atoms with E-state index in [0.717, 1.165) is 0 Å². The highest BCUT2D eigenvalue weighted by Gasteiger charge is 2.18. The van der Waals surface area contributed by atoms with E-state index in [0.29, 0.717) is 13.1 Å². The van der Waals surface area contributed by atoms with Gasteiger partial charge >= 0.3 is 5.97 Å². The Kier molecular flexibility index (Phi) is 4.50. The van der Waals surface area contributed by atoms with Crippen LogP contribution in [0.25, 0.3) is 0 Å². The topological polar surface area (TPSA) is 72.6 Å². The van der Waals surface area contributed by atoms with Crippen molar-refractivity contribution in [2.75, 3.05) is 20.2 Å². The van der Waals surface area contributed by atoms with Gasteiger partial charge in [-0.25, -0.2) is 4.98 Å². The van der Waals surface area contributed by atoms with Crippen molar-refractivity contribution in [3.63, 3.8) is 0 Å². The van der Waals surface area contributed by atoms with Crippen LogP contribution < -0.4 is 0 Å². The summed E-state index contributed by atoms with van der Waals surface area (Å²) in [5, 5.41) is 0. The van der Waals surface area contributed by atoms with Crippen molar-refractivity contribution in [1.29, 1.82) is 0 Å². The van der Waals surface area contributed by atoms with E-state index in [1.807, 2.05) is 6.92 Å². The fraction of sp³-hybridized carbons (Fsp3) is 0.500. The first kappa shape index (κ1) is 12.2. The number of hydrogen-bond acceptors (Lipinski definition) is 5. The van der Waals surface area contributed by atoms with Crippen molar-refractivity contribution in [2.45, 2.75) is 13.3 Å². The van der Waals surface area contributed by atoms with E-state index in [9.17, 15) is 9.59 Å². The second kappa shape index (κ2) is 5.89. The molecule has 0 fully saturated rings. The lowest BCUT2D eigenvalue weighted by atomic mass is 10.3. The Labute approximate surface area is 93.2 Å². The van der Waals surface area contributed by atoms with Gasteiger partial charge in [-0.05, 0) is 6.92 Å². The molecule has 0 radical (unpaired) electrons. The van der Waals surface area contributed by atoms with Crippen LogP contribution in [0.15, 0.2) is 17.0 Å². The van der Waals surface area contributed by atoms with Gasteiger partial charge in [-0.2, -0.15) is 0 Å². The zero-order valence-electron chi connectivity index (χ0n) is 9.30. The lowest BCUT2D eigenvalue weighted by molar-refractivity contribution is -0.140. The zero-order chi connectivity index (χ0) is 12.0. The van der Waals surface area contributed by atoms with Crippen molar-refractivity contribution in [2.24, 2.45) is 0 Å². The molecule has 0 aromatic carbocycles. The van der Waals surface area contributed by atoms with Crippen LogP contribution in [0.3, 0.4) is 0 Å². The minimum absolute atomic E-state index is 0.171. The molecule has 88 valence electrons. The highest BCUT2D eigenvalue weighted by atomic mass is 16.5. The fourth-order valence-corrected chi connectivity index (χ4v) is 1.21. The summed E-state index contributed by atoms with van der Waals surface area (Å²) in [4.78, 5) is 27.9.